The van der Waals surface area contributed by atoms with E-state index in [1.807, 2.05) is 29.1 Å². The number of rotatable bonds is 4. The zero-order valence-electron chi connectivity index (χ0n) is 7.01. The minimum atomic E-state index is -0.400. The zero-order valence-corrected chi connectivity index (χ0v) is 13.0. The average Bonchev–Trinajstić information content (AvgIpc) is 2.14. The number of Topliss-reactive ketones (excluding diaryl/α,β-unsaturated/α-hetero) is 1. The maximum atomic E-state index is 11.5. The summed E-state index contributed by atoms with van der Waals surface area (Å²) in [5.74, 6) is 0.136. The van der Waals surface area contributed by atoms with E-state index >= 15 is 0 Å². The van der Waals surface area contributed by atoms with Crippen molar-refractivity contribution in [3.05, 3.63) is 11.0 Å². The number of methoxy groups -OCH3 is 1. The first-order valence-electron chi connectivity index (χ1n) is 3.35. The first-order chi connectivity index (χ1) is 6.17. The van der Waals surface area contributed by atoms with Crippen LogP contribution in [0.4, 0.5) is 0 Å². The molecular weight excluding hydrogens is 435 g/mol. The third-order valence-corrected chi connectivity index (χ3v) is 9.88. The fourth-order valence-corrected chi connectivity index (χ4v) is 5.23. The SMILES string of the molecule is COC1C(=O)C(P(I)SC)=C1NI. The molecule has 2 atom stereocenters. The van der Waals surface area contributed by atoms with Crippen LogP contribution in [0.5, 0.6) is 0 Å². The molecule has 13 heavy (non-hydrogen) atoms. The van der Waals surface area contributed by atoms with Gasteiger partial charge in [-0.15, -0.1) is 11.4 Å². The molecule has 2 unspecified atom stereocenters. The van der Waals surface area contributed by atoms with E-state index in [2.05, 4.69) is 25.6 Å². The van der Waals surface area contributed by atoms with Crippen LogP contribution in [0, 0.1) is 0 Å². The fourth-order valence-electron chi connectivity index (χ4n) is 1.03. The number of ether oxygens (including phenoxy) is 1. The highest BCUT2D eigenvalue weighted by atomic mass is 127. The van der Waals surface area contributed by atoms with Crippen molar-refractivity contribution in [2.24, 2.45) is 0 Å². The second-order valence-corrected chi connectivity index (χ2v) is 11.2. The molecule has 3 nitrogen and oxygen atoms in total. The average molecular weight is 443 g/mol. The number of carbonyl (C=O) groups excluding carboxylic acids is 1. The smallest absolute Gasteiger partial charge is 0.201 e. The molecule has 0 fully saturated rings. The maximum absolute atomic E-state index is 11.5. The Hall–Kier alpha value is 1.41. The summed E-state index contributed by atoms with van der Waals surface area (Å²) in [7, 11) is 1.56. The Kier molecular flexibility index (Phi) is 5.26. The summed E-state index contributed by atoms with van der Waals surface area (Å²) in [6.45, 7) is 0. The third kappa shape index (κ3) is 2.32. The van der Waals surface area contributed by atoms with Gasteiger partial charge in [-0.1, -0.05) is 0 Å². The molecular formula is C6H8I2NO2PS. The maximum Gasteiger partial charge on any atom is 0.201 e. The van der Waals surface area contributed by atoms with Crippen LogP contribution in [0.2, 0.25) is 0 Å². The van der Waals surface area contributed by atoms with Gasteiger partial charge >= 0.3 is 0 Å². The van der Waals surface area contributed by atoms with Crippen molar-refractivity contribution in [2.75, 3.05) is 13.4 Å². The van der Waals surface area contributed by atoms with E-state index in [9.17, 15) is 4.79 Å². The second kappa shape index (κ2) is 5.48. The number of ketones is 1. The van der Waals surface area contributed by atoms with Crippen molar-refractivity contribution in [1.29, 1.82) is 0 Å². The predicted molar refractivity (Wildman–Crippen MR) is 74.4 cm³/mol. The van der Waals surface area contributed by atoms with Crippen molar-refractivity contribution >= 4 is 66.8 Å². The molecule has 1 rings (SSSR count). The Labute approximate surface area is 109 Å². The highest BCUT2D eigenvalue weighted by Gasteiger charge is 2.42. The molecule has 0 spiro atoms. The topological polar surface area (TPSA) is 38.3 Å². The summed E-state index contributed by atoms with van der Waals surface area (Å²) in [5.41, 5.74) is 0.947. The Balaban J connectivity index is 2.87. The van der Waals surface area contributed by atoms with Crippen molar-refractivity contribution in [1.82, 2.24) is 3.53 Å². The van der Waals surface area contributed by atoms with Gasteiger partial charge in [-0.05, 0) is 28.3 Å². The van der Waals surface area contributed by atoms with Crippen molar-refractivity contribution in [3.8, 4) is 0 Å². The van der Waals surface area contributed by atoms with Gasteiger partial charge in [0.2, 0.25) is 5.78 Å². The first-order valence-corrected chi connectivity index (χ1v) is 10.4. The van der Waals surface area contributed by atoms with Gasteiger partial charge in [-0.2, -0.15) is 0 Å². The number of halogens is 2. The van der Waals surface area contributed by atoms with Crippen LogP contribution >= 0.6 is 61.1 Å². The molecule has 1 aliphatic carbocycles. The summed E-state index contributed by atoms with van der Waals surface area (Å²) in [4.78, 5) is 11.5. The Bertz CT molecular complexity index is 261. The lowest BCUT2D eigenvalue weighted by molar-refractivity contribution is -0.125. The van der Waals surface area contributed by atoms with E-state index in [1.165, 1.54) is 0 Å². The number of nitrogens with one attached hydrogen (secondary N) is 1. The summed E-state index contributed by atoms with van der Waals surface area (Å²) < 4.78 is 7.65. The van der Waals surface area contributed by atoms with Gasteiger partial charge < -0.3 is 8.27 Å². The van der Waals surface area contributed by atoms with Crippen LogP contribution in [0.25, 0.3) is 0 Å². The standard InChI is InChI=1S/C6H8I2NO2PS/c1-11-5-3(9-7)6(4(5)10)12(8)13-2/h5,9H,1-2H3. The van der Waals surface area contributed by atoms with Gasteiger partial charge in [0.1, 0.15) is 0 Å². The van der Waals surface area contributed by atoms with Crippen LogP contribution in [0.1, 0.15) is 0 Å². The van der Waals surface area contributed by atoms with E-state index in [-0.39, 0.29) is 11.9 Å². The Morgan fingerprint density at radius 1 is 1.69 bits per heavy atom. The van der Waals surface area contributed by atoms with Crippen LogP contribution < -0.4 is 3.53 Å². The predicted octanol–water partition coefficient (Wildman–Crippen LogP) is 2.85. The molecule has 1 N–H and O–H groups in total. The molecule has 0 bridgehead atoms. The zero-order chi connectivity index (χ0) is 10.0. The van der Waals surface area contributed by atoms with Crippen LogP contribution in [0.3, 0.4) is 0 Å². The molecule has 1 aliphatic rings. The number of carbonyl (C=O) groups is 1. The Morgan fingerprint density at radius 3 is 2.69 bits per heavy atom. The molecule has 0 heterocycles. The van der Waals surface area contributed by atoms with E-state index in [0.29, 0.717) is 0 Å². The largest absolute Gasteiger partial charge is 0.367 e. The fraction of sp³-hybridized carbons (Fsp3) is 0.500. The summed E-state index contributed by atoms with van der Waals surface area (Å²) in [6.07, 6.45) is 1.67. The van der Waals surface area contributed by atoms with Crippen molar-refractivity contribution in [3.63, 3.8) is 0 Å². The molecule has 74 valence electrons. The summed E-state index contributed by atoms with van der Waals surface area (Å²) in [5, 5.41) is 0.921. The second-order valence-electron chi connectivity index (χ2n) is 2.26. The van der Waals surface area contributed by atoms with Gasteiger partial charge in [0.25, 0.3) is 0 Å². The molecule has 0 radical (unpaired) electrons. The van der Waals surface area contributed by atoms with Gasteiger partial charge in [-0.25, -0.2) is 0 Å². The first kappa shape index (κ1) is 12.5. The minimum Gasteiger partial charge on any atom is -0.367 e. The van der Waals surface area contributed by atoms with E-state index in [4.69, 9.17) is 4.74 Å². The van der Waals surface area contributed by atoms with Crippen molar-refractivity contribution < 1.29 is 9.53 Å². The monoisotopic (exact) mass is 443 g/mol. The van der Waals surface area contributed by atoms with Crippen LogP contribution in [-0.2, 0) is 9.53 Å². The normalized spacial score (nSPS) is 24.3. The lowest BCUT2D eigenvalue weighted by Gasteiger charge is -2.31. The lowest BCUT2D eigenvalue weighted by atomic mass is 10.0. The lowest BCUT2D eigenvalue weighted by Crippen LogP contribution is -2.40. The molecule has 0 amide bonds. The summed E-state index contributed by atoms with van der Waals surface area (Å²) >= 11 is 6.07. The molecule has 0 aromatic carbocycles. The van der Waals surface area contributed by atoms with E-state index in [1.54, 1.807) is 18.5 Å². The highest BCUT2D eigenvalue weighted by Crippen LogP contribution is 2.66. The molecule has 0 aromatic rings. The minimum absolute atomic E-state index is 0.136. The molecule has 0 aromatic heterocycles. The molecule has 0 saturated heterocycles. The van der Waals surface area contributed by atoms with Crippen molar-refractivity contribution in [2.45, 2.75) is 6.10 Å². The molecule has 7 heteroatoms. The molecule has 0 aliphatic heterocycles. The highest BCUT2D eigenvalue weighted by molar-refractivity contribution is 14.2. The quantitative estimate of drug-likeness (QED) is 0.413. The van der Waals surface area contributed by atoms with E-state index in [0.717, 1.165) is 11.0 Å². The Morgan fingerprint density at radius 2 is 2.31 bits per heavy atom. The molecule has 0 saturated carbocycles. The van der Waals surface area contributed by atoms with Gasteiger partial charge in [0, 0.05) is 7.11 Å². The third-order valence-electron chi connectivity index (χ3n) is 1.66. The number of hydrogen-bond donors (Lipinski definition) is 1. The van der Waals surface area contributed by atoms with Gasteiger partial charge in [0.15, 0.2) is 6.10 Å². The number of hydrogen-bond acceptors (Lipinski definition) is 4. The van der Waals surface area contributed by atoms with Gasteiger partial charge in [-0.3, -0.25) is 4.79 Å². The van der Waals surface area contributed by atoms with E-state index < -0.39 is 4.77 Å². The van der Waals surface area contributed by atoms with Crippen LogP contribution in [0.15, 0.2) is 11.0 Å². The summed E-state index contributed by atoms with van der Waals surface area (Å²) in [6, 6.07) is 0. The van der Waals surface area contributed by atoms with Gasteiger partial charge in [0.05, 0.1) is 38.6 Å². The van der Waals surface area contributed by atoms with Crippen LogP contribution in [-0.4, -0.2) is 25.3 Å².